The van der Waals surface area contributed by atoms with E-state index in [-0.39, 0.29) is 11.9 Å². The second-order valence-corrected chi connectivity index (χ2v) is 5.99. The van der Waals surface area contributed by atoms with E-state index in [4.69, 9.17) is 0 Å². The summed E-state index contributed by atoms with van der Waals surface area (Å²) in [6.07, 6.45) is 2.41. The Morgan fingerprint density at radius 3 is 2.90 bits per heavy atom. The molecule has 5 nitrogen and oxygen atoms in total. The third kappa shape index (κ3) is 5.38. The molecule has 3 amide bonds. The fourth-order valence-electron chi connectivity index (χ4n) is 2.30. The van der Waals surface area contributed by atoms with Gasteiger partial charge in [0.15, 0.2) is 0 Å². The number of hydrogen-bond donors (Lipinski definition) is 2. The summed E-state index contributed by atoms with van der Waals surface area (Å²) in [7, 11) is 0. The third-order valence-corrected chi connectivity index (χ3v) is 3.90. The van der Waals surface area contributed by atoms with E-state index in [0.717, 1.165) is 36.0 Å². The van der Waals surface area contributed by atoms with Crippen molar-refractivity contribution in [2.75, 3.05) is 19.6 Å². The first-order valence-corrected chi connectivity index (χ1v) is 7.98. The minimum atomic E-state index is -0.178. The predicted molar refractivity (Wildman–Crippen MR) is 84.8 cm³/mol. The highest BCUT2D eigenvalue weighted by Crippen LogP contribution is 2.11. The molecule has 0 unspecified atom stereocenters. The molecule has 21 heavy (non-hydrogen) atoms. The highest BCUT2D eigenvalue weighted by molar-refractivity contribution is 9.10. The van der Waals surface area contributed by atoms with Gasteiger partial charge < -0.3 is 15.5 Å². The first-order chi connectivity index (χ1) is 10.1. The summed E-state index contributed by atoms with van der Waals surface area (Å²) in [6, 6.07) is 7.64. The first kappa shape index (κ1) is 15.8. The number of carbonyl (C=O) groups excluding carboxylic acids is 2. The highest BCUT2D eigenvalue weighted by atomic mass is 79.9. The van der Waals surface area contributed by atoms with Gasteiger partial charge in [-0.25, -0.2) is 4.79 Å². The van der Waals surface area contributed by atoms with Crippen LogP contribution in [0.5, 0.6) is 0 Å². The maximum atomic E-state index is 11.6. The topological polar surface area (TPSA) is 61.4 Å². The van der Waals surface area contributed by atoms with Crippen molar-refractivity contribution in [3.8, 4) is 0 Å². The number of rotatable bonds is 6. The lowest BCUT2D eigenvalue weighted by molar-refractivity contribution is -0.127. The molecule has 0 radical (unpaired) electrons. The lowest BCUT2D eigenvalue weighted by atomic mass is 10.2. The van der Waals surface area contributed by atoms with Gasteiger partial charge in [0.05, 0.1) is 0 Å². The van der Waals surface area contributed by atoms with E-state index in [1.54, 1.807) is 0 Å². The monoisotopic (exact) mass is 353 g/mol. The summed E-state index contributed by atoms with van der Waals surface area (Å²) in [5.74, 6) is 0.231. The van der Waals surface area contributed by atoms with Crippen LogP contribution in [0.2, 0.25) is 0 Å². The van der Waals surface area contributed by atoms with Gasteiger partial charge in [-0.05, 0) is 30.5 Å². The maximum Gasteiger partial charge on any atom is 0.315 e. The van der Waals surface area contributed by atoms with Gasteiger partial charge in [-0.1, -0.05) is 28.1 Å². The van der Waals surface area contributed by atoms with Crippen LogP contribution in [0.15, 0.2) is 28.7 Å². The number of likely N-dealkylation sites (tertiary alicyclic amines) is 1. The molecule has 0 atom stereocenters. The molecule has 1 heterocycles. The normalized spacial score (nSPS) is 14.3. The van der Waals surface area contributed by atoms with Gasteiger partial charge in [0, 0.05) is 37.1 Å². The number of benzene rings is 1. The van der Waals surface area contributed by atoms with Gasteiger partial charge in [0.25, 0.3) is 0 Å². The zero-order valence-corrected chi connectivity index (χ0v) is 13.5. The van der Waals surface area contributed by atoms with E-state index in [9.17, 15) is 9.59 Å². The van der Waals surface area contributed by atoms with Crippen LogP contribution in [-0.4, -0.2) is 36.5 Å². The van der Waals surface area contributed by atoms with E-state index in [2.05, 4.69) is 26.6 Å². The van der Waals surface area contributed by atoms with Gasteiger partial charge in [0.1, 0.15) is 0 Å². The molecule has 0 saturated carbocycles. The van der Waals surface area contributed by atoms with Crippen LogP contribution in [0.25, 0.3) is 0 Å². The van der Waals surface area contributed by atoms with Crippen LogP contribution in [-0.2, 0) is 11.3 Å². The highest BCUT2D eigenvalue weighted by Gasteiger charge is 2.18. The fraction of sp³-hybridized carbons (Fsp3) is 0.467. The molecule has 1 fully saturated rings. The van der Waals surface area contributed by atoms with Crippen LogP contribution < -0.4 is 10.6 Å². The average Bonchev–Trinajstić information content (AvgIpc) is 2.87. The zero-order chi connectivity index (χ0) is 15.1. The molecule has 1 aliphatic rings. The van der Waals surface area contributed by atoms with Crippen LogP contribution in [0.1, 0.15) is 24.8 Å². The van der Waals surface area contributed by atoms with Crippen molar-refractivity contribution in [1.29, 1.82) is 0 Å². The Labute approximate surface area is 133 Å². The smallest absolute Gasteiger partial charge is 0.315 e. The number of nitrogens with one attached hydrogen (secondary N) is 2. The van der Waals surface area contributed by atoms with Crippen molar-refractivity contribution in [3.05, 3.63) is 34.3 Å². The molecule has 0 aliphatic carbocycles. The summed E-state index contributed by atoms with van der Waals surface area (Å²) in [5, 5.41) is 5.62. The molecule has 0 aromatic heterocycles. The van der Waals surface area contributed by atoms with E-state index in [0.29, 0.717) is 19.5 Å². The van der Waals surface area contributed by atoms with Gasteiger partial charge in [-0.2, -0.15) is 0 Å². The molecular weight excluding hydrogens is 334 g/mol. The second kappa shape index (κ2) is 8.02. The Bertz CT molecular complexity index is 507. The van der Waals surface area contributed by atoms with Crippen LogP contribution >= 0.6 is 15.9 Å². The number of amides is 3. The SMILES string of the molecule is O=C(NCCCN1CCCC1=O)NCc1cccc(Br)c1. The summed E-state index contributed by atoms with van der Waals surface area (Å²) < 4.78 is 0.998. The molecule has 6 heteroatoms. The molecule has 1 aliphatic heterocycles. The molecule has 0 bridgehead atoms. The minimum absolute atomic E-state index is 0.178. The molecule has 1 aromatic carbocycles. The predicted octanol–water partition coefficient (Wildman–Crippen LogP) is 2.26. The summed E-state index contributed by atoms with van der Waals surface area (Å²) in [6.45, 7) is 2.66. The largest absolute Gasteiger partial charge is 0.343 e. The van der Waals surface area contributed by atoms with Gasteiger partial charge >= 0.3 is 6.03 Å². The number of hydrogen-bond acceptors (Lipinski definition) is 2. The molecule has 114 valence electrons. The summed E-state index contributed by atoms with van der Waals surface area (Å²) >= 11 is 3.40. The van der Waals surface area contributed by atoms with Crippen molar-refractivity contribution in [3.63, 3.8) is 0 Å². The zero-order valence-electron chi connectivity index (χ0n) is 11.9. The lowest BCUT2D eigenvalue weighted by Crippen LogP contribution is -2.37. The van der Waals surface area contributed by atoms with Crippen molar-refractivity contribution in [2.45, 2.75) is 25.8 Å². The Hall–Kier alpha value is -1.56. The van der Waals surface area contributed by atoms with Crippen LogP contribution in [0, 0.1) is 0 Å². The number of nitrogens with zero attached hydrogens (tertiary/aromatic N) is 1. The molecule has 2 rings (SSSR count). The average molecular weight is 354 g/mol. The summed E-state index contributed by atoms with van der Waals surface area (Å²) in [5.41, 5.74) is 1.04. The van der Waals surface area contributed by atoms with Crippen molar-refractivity contribution >= 4 is 27.9 Å². The Morgan fingerprint density at radius 2 is 2.19 bits per heavy atom. The van der Waals surface area contributed by atoms with E-state index < -0.39 is 0 Å². The van der Waals surface area contributed by atoms with Gasteiger partial charge in [-0.15, -0.1) is 0 Å². The molecule has 2 N–H and O–H groups in total. The fourth-order valence-corrected chi connectivity index (χ4v) is 2.75. The molecule has 1 saturated heterocycles. The van der Waals surface area contributed by atoms with Crippen molar-refractivity contribution in [1.82, 2.24) is 15.5 Å². The molecule has 1 aromatic rings. The third-order valence-electron chi connectivity index (χ3n) is 3.40. The minimum Gasteiger partial charge on any atom is -0.343 e. The number of carbonyl (C=O) groups is 2. The Kier molecular flexibility index (Phi) is 6.04. The van der Waals surface area contributed by atoms with E-state index in [1.165, 1.54) is 0 Å². The van der Waals surface area contributed by atoms with Crippen LogP contribution in [0.3, 0.4) is 0 Å². The number of urea groups is 1. The quantitative estimate of drug-likeness (QED) is 0.770. The number of halogens is 1. The van der Waals surface area contributed by atoms with Gasteiger partial charge in [0.2, 0.25) is 5.91 Å². The van der Waals surface area contributed by atoms with Crippen LogP contribution in [0.4, 0.5) is 4.79 Å². The standard InChI is InChI=1S/C15H20BrN3O2/c16-13-5-1-4-12(10-13)11-18-15(21)17-7-3-9-19-8-2-6-14(19)20/h1,4-5,10H,2-3,6-9,11H2,(H2,17,18,21). The van der Waals surface area contributed by atoms with Gasteiger partial charge in [-0.3, -0.25) is 4.79 Å². The second-order valence-electron chi connectivity index (χ2n) is 5.08. The summed E-state index contributed by atoms with van der Waals surface area (Å²) in [4.78, 5) is 24.9. The van der Waals surface area contributed by atoms with E-state index >= 15 is 0 Å². The van der Waals surface area contributed by atoms with E-state index in [1.807, 2.05) is 29.2 Å². The van der Waals surface area contributed by atoms with Crippen molar-refractivity contribution < 1.29 is 9.59 Å². The lowest BCUT2D eigenvalue weighted by Gasteiger charge is -2.15. The van der Waals surface area contributed by atoms with Crippen molar-refractivity contribution in [2.24, 2.45) is 0 Å². The Balaban J connectivity index is 1.58. The first-order valence-electron chi connectivity index (χ1n) is 7.19. The molecular formula is C15H20BrN3O2. The Morgan fingerprint density at radius 1 is 1.33 bits per heavy atom. The molecule has 0 spiro atoms. The maximum absolute atomic E-state index is 11.6.